The van der Waals surface area contributed by atoms with Crippen molar-refractivity contribution < 1.29 is 18.3 Å². The molecule has 3 aromatic rings. The molecule has 3 saturated heterocycles. The quantitative estimate of drug-likeness (QED) is 0.318. The van der Waals surface area contributed by atoms with E-state index in [0.29, 0.717) is 50.1 Å². The number of hydrogen-bond acceptors (Lipinski definition) is 10. The van der Waals surface area contributed by atoms with E-state index in [9.17, 15) is 18.3 Å². The zero-order valence-corrected chi connectivity index (χ0v) is 28.9. The standard InChI is InChI=1S/C35H47N7O4S/c1-7-32(43)41-17-9-8-10-28(41)24-11-12-29(42-23(2)27(34(42,3)4)22-47(6,45)46)26-21-37-31(20-25(24)26)38-30-13-16-36-33(39-30)40-18-14-35(5,44)15-19-40/h7,11-13,16,20-21,23,27-28,44H,1,8-10,14-15,17-19,22H2,2-6H3,(H,36,37,38,39)/t23-,27-,28+/m1/s1. The Morgan fingerprint density at radius 2 is 1.83 bits per heavy atom. The molecule has 0 radical (unpaired) electrons. The van der Waals surface area contributed by atoms with Crippen molar-refractivity contribution in [2.45, 2.75) is 83.0 Å². The Morgan fingerprint density at radius 1 is 1.09 bits per heavy atom. The molecule has 1 aromatic carbocycles. The van der Waals surface area contributed by atoms with Crippen LogP contribution in [0.5, 0.6) is 0 Å². The predicted molar refractivity (Wildman–Crippen MR) is 187 cm³/mol. The van der Waals surface area contributed by atoms with E-state index in [1.54, 1.807) is 6.20 Å². The van der Waals surface area contributed by atoms with Gasteiger partial charge in [0.1, 0.15) is 21.5 Å². The monoisotopic (exact) mass is 661 g/mol. The molecule has 3 atom stereocenters. The number of aliphatic hydroxyl groups is 1. The van der Waals surface area contributed by atoms with Crippen molar-refractivity contribution in [2.75, 3.05) is 46.8 Å². The molecular formula is C35H47N7O4S. The number of aromatic nitrogens is 3. The third kappa shape index (κ3) is 6.54. The number of rotatable bonds is 8. The summed E-state index contributed by atoms with van der Waals surface area (Å²) >= 11 is 0. The Kier molecular flexibility index (Phi) is 8.71. The average Bonchev–Trinajstić information content (AvgIpc) is 3.03. The normalized spacial score (nSPS) is 24.1. The van der Waals surface area contributed by atoms with Gasteiger partial charge in [-0.15, -0.1) is 0 Å². The van der Waals surface area contributed by atoms with Crippen LogP contribution in [0.4, 0.5) is 23.3 Å². The molecule has 0 spiro atoms. The van der Waals surface area contributed by atoms with Crippen LogP contribution in [-0.2, 0) is 14.6 Å². The van der Waals surface area contributed by atoms with E-state index in [1.807, 2.05) is 30.2 Å². The molecule has 11 nitrogen and oxygen atoms in total. The lowest BCUT2D eigenvalue weighted by molar-refractivity contribution is -0.129. The summed E-state index contributed by atoms with van der Waals surface area (Å²) in [7, 11) is -3.14. The number of anilines is 4. The molecule has 47 heavy (non-hydrogen) atoms. The Bertz CT molecular complexity index is 1780. The molecular weight excluding hydrogens is 614 g/mol. The topological polar surface area (TPSA) is 132 Å². The first kappa shape index (κ1) is 33.1. The first-order valence-electron chi connectivity index (χ1n) is 16.6. The Balaban J connectivity index is 1.39. The van der Waals surface area contributed by atoms with Crippen molar-refractivity contribution in [1.29, 1.82) is 0 Å². The van der Waals surface area contributed by atoms with E-state index in [-0.39, 0.29) is 35.2 Å². The molecule has 0 bridgehead atoms. The van der Waals surface area contributed by atoms with E-state index in [4.69, 9.17) is 9.97 Å². The zero-order valence-electron chi connectivity index (χ0n) is 28.1. The lowest BCUT2D eigenvalue weighted by Gasteiger charge is -2.62. The fraction of sp³-hybridized carbons (Fsp3) is 0.543. The summed E-state index contributed by atoms with van der Waals surface area (Å²) < 4.78 is 24.6. The van der Waals surface area contributed by atoms with Gasteiger partial charge in [0.15, 0.2) is 0 Å². The highest BCUT2D eigenvalue weighted by molar-refractivity contribution is 7.90. The van der Waals surface area contributed by atoms with E-state index < -0.39 is 15.4 Å². The third-order valence-electron chi connectivity index (χ3n) is 10.5. The summed E-state index contributed by atoms with van der Waals surface area (Å²) in [5.74, 6) is 1.88. The molecule has 12 heteroatoms. The van der Waals surface area contributed by atoms with Gasteiger partial charge in [0.25, 0.3) is 0 Å². The number of carbonyl (C=O) groups is 1. The number of nitrogens with one attached hydrogen (secondary N) is 1. The number of carbonyl (C=O) groups excluding carboxylic acids is 1. The van der Waals surface area contributed by atoms with Gasteiger partial charge in [-0.2, -0.15) is 4.98 Å². The van der Waals surface area contributed by atoms with E-state index in [0.717, 1.165) is 41.3 Å². The van der Waals surface area contributed by atoms with Crippen LogP contribution in [0.3, 0.4) is 0 Å². The van der Waals surface area contributed by atoms with Gasteiger partial charge in [0, 0.05) is 66.9 Å². The summed E-state index contributed by atoms with van der Waals surface area (Å²) in [5, 5.41) is 15.7. The lowest BCUT2D eigenvalue weighted by atomic mass is 9.71. The number of likely N-dealkylation sites (tertiary alicyclic amines) is 1. The van der Waals surface area contributed by atoms with Crippen LogP contribution in [0.25, 0.3) is 10.8 Å². The Hall–Kier alpha value is -3.77. The molecule has 1 amide bonds. The number of amides is 1. The van der Waals surface area contributed by atoms with Crippen LogP contribution in [0.1, 0.15) is 71.4 Å². The average molecular weight is 662 g/mol. The number of fused-ring (bicyclic) bond motifs is 1. The van der Waals surface area contributed by atoms with Crippen LogP contribution >= 0.6 is 0 Å². The lowest BCUT2D eigenvalue weighted by Crippen LogP contribution is -2.71. The van der Waals surface area contributed by atoms with E-state index >= 15 is 0 Å². The van der Waals surface area contributed by atoms with Crippen molar-refractivity contribution in [3.05, 3.63) is 54.9 Å². The molecule has 3 aliphatic heterocycles. The summed E-state index contributed by atoms with van der Waals surface area (Å²) in [6.45, 7) is 13.9. The number of nitrogens with zero attached hydrogens (tertiary/aromatic N) is 6. The number of benzene rings is 1. The van der Waals surface area contributed by atoms with Crippen LogP contribution in [0.2, 0.25) is 0 Å². The number of sulfone groups is 1. The highest BCUT2D eigenvalue weighted by atomic mass is 32.2. The maximum atomic E-state index is 13.0. The van der Waals surface area contributed by atoms with Gasteiger partial charge in [0.05, 0.1) is 17.4 Å². The maximum Gasteiger partial charge on any atom is 0.246 e. The first-order valence-corrected chi connectivity index (χ1v) is 18.6. The maximum absolute atomic E-state index is 13.0. The molecule has 5 heterocycles. The summed E-state index contributed by atoms with van der Waals surface area (Å²) in [4.78, 5) is 33.4. The molecule has 0 saturated carbocycles. The van der Waals surface area contributed by atoms with Crippen molar-refractivity contribution in [3.63, 3.8) is 0 Å². The SMILES string of the molecule is C=CC(=O)N1CCCC[C@H]1c1ccc(N2[C@H](C)[C@@H](CS(C)(=O)=O)C2(C)C)c2cnc(Nc3ccnc(N4CCC(C)(O)CC4)n3)cc12. The second-order valence-electron chi connectivity index (χ2n) is 14.4. The van der Waals surface area contributed by atoms with Gasteiger partial charge in [-0.3, -0.25) is 4.79 Å². The second kappa shape index (κ2) is 12.4. The first-order chi connectivity index (χ1) is 22.2. The van der Waals surface area contributed by atoms with Crippen molar-refractivity contribution in [3.8, 4) is 0 Å². The fourth-order valence-electron chi connectivity index (χ4n) is 7.93. The predicted octanol–water partition coefficient (Wildman–Crippen LogP) is 5.01. The van der Waals surface area contributed by atoms with Gasteiger partial charge < -0.3 is 25.1 Å². The Morgan fingerprint density at radius 3 is 2.51 bits per heavy atom. The summed E-state index contributed by atoms with van der Waals surface area (Å²) in [6, 6.07) is 7.98. The van der Waals surface area contributed by atoms with Crippen LogP contribution in [0, 0.1) is 5.92 Å². The third-order valence-corrected chi connectivity index (χ3v) is 11.5. The van der Waals surface area contributed by atoms with Gasteiger partial charge in [0.2, 0.25) is 11.9 Å². The van der Waals surface area contributed by atoms with Crippen molar-refractivity contribution >= 4 is 49.8 Å². The highest BCUT2D eigenvalue weighted by Crippen LogP contribution is 2.49. The Labute approximate surface area is 278 Å². The van der Waals surface area contributed by atoms with Gasteiger partial charge in [-0.05, 0) is 95.0 Å². The number of piperidine rings is 2. The molecule has 3 aliphatic rings. The molecule has 2 N–H and O–H groups in total. The molecule has 252 valence electrons. The summed E-state index contributed by atoms with van der Waals surface area (Å²) in [6.07, 6.45) is 10.4. The molecule has 0 unspecified atom stereocenters. The fourth-order valence-corrected chi connectivity index (χ4v) is 9.27. The molecule has 6 rings (SSSR count). The van der Waals surface area contributed by atoms with Gasteiger partial charge in [-0.25, -0.2) is 18.4 Å². The second-order valence-corrected chi connectivity index (χ2v) is 16.5. The highest BCUT2D eigenvalue weighted by Gasteiger charge is 2.53. The van der Waals surface area contributed by atoms with E-state index in [1.165, 1.54) is 12.3 Å². The minimum absolute atomic E-state index is 0.0121. The number of pyridine rings is 1. The van der Waals surface area contributed by atoms with E-state index in [2.05, 4.69) is 59.6 Å². The minimum atomic E-state index is -3.14. The van der Waals surface area contributed by atoms with Crippen LogP contribution in [-0.4, -0.2) is 88.1 Å². The van der Waals surface area contributed by atoms with Crippen molar-refractivity contribution in [1.82, 2.24) is 19.9 Å². The van der Waals surface area contributed by atoms with Gasteiger partial charge >= 0.3 is 0 Å². The molecule has 2 aromatic heterocycles. The molecule has 3 fully saturated rings. The number of hydrogen-bond donors (Lipinski definition) is 2. The smallest absolute Gasteiger partial charge is 0.246 e. The van der Waals surface area contributed by atoms with Crippen molar-refractivity contribution in [2.24, 2.45) is 5.92 Å². The molecule has 0 aliphatic carbocycles. The van der Waals surface area contributed by atoms with Gasteiger partial charge in [-0.1, -0.05) is 12.6 Å². The van der Waals surface area contributed by atoms with Crippen LogP contribution < -0.4 is 15.1 Å². The minimum Gasteiger partial charge on any atom is -0.390 e. The summed E-state index contributed by atoms with van der Waals surface area (Å²) in [5.41, 5.74) is 0.988. The largest absolute Gasteiger partial charge is 0.390 e. The van der Waals surface area contributed by atoms with Crippen LogP contribution in [0.15, 0.2) is 49.3 Å². The zero-order chi connectivity index (χ0) is 33.7.